The molecule has 26 heavy (non-hydrogen) atoms. The first-order valence-corrected chi connectivity index (χ1v) is 9.77. The van der Waals surface area contributed by atoms with Gasteiger partial charge in [-0.3, -0.25) is 4.79 Å². The third-order valence-corrected chi connectivity index (χ3v) is 5.75. The second-order valence-corrected chi connectivity index (χ2v) is 7.98. The van der Waals surface area contributed by atoms with Gasteiger partial charge in [-0.25, -0.2) is 0 Å². The highest BCUT2D eigenvalue weighted by Gasteiger charge is 2.48. The second-order valence-electron chi connectivity index (χ2n) is 7.98. The van der Waals surface area contributed by atoms with E-state index in [0.717, 1.165) is 42.9 Å². The van der Waals surface area contributed by atoms with Crippen molar-refractivity contribution in [3.8, 4) is 11.5 Å². The minimum absolute atomic E-state index is 0.0263. The lowest BCUT2D eigenvalue weighted by Gasteiger charge is -2.36. The standard InChI is InChI=1S/C21H31NO4/c1-5-7-10-21(3,4)19-18(20(23)24-6-2)15(12-22-19)14-8-9-16-17(11-14)26-13-25-16/h8-9,11,15,18-19,22H,5-7,10,12-13H2,1-4H3/t15-,18-,19-/m1/s1. The highest BCUT2D eigenvalue weighted by atomic mass is 16.7. The smallest absolute Gasteiger partial charge is 0.311 e. The number of benzene rings is 1. The number of carbonyl (C=O) groups is 1. The summed E-state index contributed by atoms with van der Waals surface area (Å²) in [6.45, 7) is 10.0. The van der Waals surface area contributed by atoms with Crippen molar-refractivity contribution in [2.75, 3.05) is 19.9 Å². The molecule has 5 nitrogen and oxygen atoms in total. The van der Waals surface area contributed by atoms with Gasteiger partial charge in [0.05, 0.1) is 12.5 Å². The minimum atomic E-state index is -0.192. The van der Waals surface area contributed by atoms with Crippen LogP contribution in [0.2, 0.25) is 0 Å². The number of hydrogen-bond acceptors (Lipinski definition) is 5. The van der Waals surface area contributed by atoms with E-state index in [1.807, 2.05) is 25.1 Å². The summed E-state index contributed by atoms with van der Waals surface area (Å²) in [6.07, 6.45) is 3.41. The SMILES string of the molecule is CCCCC(C)(C)[C@@H]1NC[C@H](c2ccc3c(c2)OCO3)[C@H]1C(=O)OCC. The molecule has 0 aromatic heterocycles. The van der Waals surface area contributed by atoms with Gasteiger partial charge in [0.25, 0.3) is 0 Å². The molecule has 5 heteroatoms. The summed E-state index contributed by atoms with van der Waals surface area (Å²) >= 11 is 0. The maximum absolute atomic E-state index is 12.9. The molecule has 2 heterocycles. The number of carbonyl (C=O) groups excluding carboxylic acids is 1. The fourth-order valence-electron chi connectivity index (χ4n) is 4.30. The Morgan fingerprint density at radius 3 is 2.77 bits per heavy atom. The zero-order valence-corrected chi connectivity index (χ0v) is 16.3. The second kappa shape index (κ2) is 7.87. The number of rotatable bonds is 7. The molecule has 3 atom stereocenters. The van der Waals surface area contributed by atoms with E-state index in [1.165, 1.54) is 0 Å². The van der Waals surface area contributed by atoms with Crippen LogP contribution in [-0.2, 0) is 9.53 Å². The van der Waals surface area contributed by atoms with Crippen molar-refractivity contribution >= 4 is 5.97 Å². The Balaban J connectivity index is 1.88. The van der Waals surface area contributed by atoms with Crippen LogP contribution in [-0.4, -0.2) is 32.0 Å². The molecule has 0 bridgehead atoms. The normalized spacial score (nSPS) is 24.7. The average molecular weight is 361 g/mol. The van der Waals surface area contributed by atoms with Gasteiger partial charge in [0, 0.05) is 18.5 Å². The van der Waals surface area contributed by atoms with E-state index < -0.39 is 0 Å². The van der Waals surface area contributed by atoms with Gasteiger partial charge in [0.2, 0.25) is 6.79 Å². The Kier molecular flexibility index (Phi) is 5.76. The molecule has 3 rings (SSSR count). The number of ether oxygens (including phenoxy) is 3. The Hall–Kier alpha value is -1.75. The van der Waals surface area contributed by atoms with Gasteiger partial charge in [0.15, 0.2) is 11.5 Å². The van der Waals surface area contributed by atoms with Crippen LogP contribution in [0.3, 0.4) is 0 Å². The molecular weight excluding hydrogens is 330 g/mol. The first kappa shape index (κ1) is 19.0. The van der Waals surface area contributed by atoms with Gasteiger partial charge in [-0.2, -0.15) is 0 Å². The van der Waals surface area contributed by atoms with Crippen LogP contribution in [0.1, 0.15) is 58.4 Å². The number of fused-ring (bicyclic) bond motifs is 1. The topological polar surface area (TPSA) is 56.8 Å². The van der Waals surface area contributed by atoms with Crippen molar-refractivity contribution in [1.82, 2.24) is 5.32 Å². The molecule has 1 saturated heterocycles. The van der Waals surface area contributed by atoms with Crippen LogP contribution in [0.15, 0.2) is 18.2 Å². The van der Waals surface area contributed by atoms with Crippen molar-refractivity contribution in [1.29, 1.82) is 0 Å². The molecule has 0 saturated carbocycles. The van der Waals surface area contributed by atoms with E-state index in [2.05, 4.69) is 26.1 Å². The number of esters is 1. The summed E-state index contributed by atoms with van der Waals surface area (Å²) in [5.74, 6) is 1.32. The molecule has 2 aliphatic rings. The molecular formula is C21H31NO4. The van der Waals surface area contributed by atoms with Gasteiger partial charge < -0.3 is 19.5 Å². The summed E-state index contributed by atoms with van der Waals surface area (Å²) in [5.41, 5.74) is 1.13. The molecule has 2 aliphatic heterocycles. The molecule has 0 unspecified atom stereocenters. The van der Waals surface area contributed by atoms with Crippen molar-refractivity contribution in [3.05, 3.63) is 23.8 Å². The van der Waals surface area contributed by atoms with Gasteiger partial charge in [0.1, 0.15) is 0 Å². The first-order chi connectivity index (χ1) is 12.5. The van der Waals surface area contributed by atoms with E-state index in [1.54, 1.807) is 0 Å². The lowest BCUT2D eigenvalue weighted by atomic mass is 9.71. The van der Waals surface area contributed by atoms with E-state index in [9.17, 15) is 4.79 Å². The van der Waals surface area contributed by atoms with Crippen molar-refractivity contribution < 1.29 is 19.0 Å². The van der Waals surface area contributed by atoms with Crippen LogP contribution in [0.5, 0.6) is 11.5 Å². The summed E-state index contributed by atoms with van der Waals surface area (Å²) in [7, 11) is 0. The highest BCUT2D eigenvalue weighted by molar-refractivity contribution is 5.75. The monoisotopic (exact) mass is 361 g/mol. The zero-order chi connectivity index (χ0) is 18.7. The summed E-state index contributed by atoms with van der Waals surface area (Å²) in [4.78, 5) is 12.9. The number of unbranched alkanes of at least 4 members (excludes halogenated alkanes) is 1. The molecule has 1 aromatic carbocycles. The van der Waals surface area contributed by atoms with E-state index in [-0.39, 0.29) is 36.1 Å². The average Bonchev–Trinajstić information content (AvgIpc) is 3.26. The minimum Gasteiger partial charge on any atom is -0.466 e. The van der Waals surface area contributed by atoms with E-state index in [0.29, 0.717) is 6.61 Å². The van der Waals surface area contributed by atoms with Gasteiger partial charge in [-0.1, -0.05) is 39.7 Å². The fourth-order valence-corrected chi connectivity index (χ4v) is 4.30. The van der Waals surface area contributed by atoms with Crippen LogP contribution < -0.4 is 14.8 Å². The van der Waals surface area contributed by atoms with Crippen molar-refractivity contribution in [2.24, 2.45) is 11.3 Å². The van der Waals surface area contributed by atoms with Gasteiger partial charge in [-0.05, 0) is 36.5 Å². The van der Waals surface area contributed by atoms with Crippen molar-refractivity contribution in [3.63, 3.8) is 0 Å². The molecule has 0 aliphatic carbocycles. The lowest BCUT2D eigenvalue weighted by molar-refractivity contribution is -0.150. The first-order valence-electron chi connectivity index (χ1n) is 9.77. The lowest BCUT2D eigenvalue weighted by Crippen LogP contribution is -2.45. The molecule has 144 valence electrons. The predicted molar refractivity (Wildman–Crippen MR) is 101 cm³/mol. The molecule has 1 fully saturated rings. The third kappa shape index (κ3) is 3.68. The van der Waals surface area contributed by atoms with Crippen LogP contribution in [0.4, 0.5) is 0 Å². The van der Waals surface area contributed by atoms with E-state index >= 15 is 0 Å². The maximum atomic E-state index is 12.9. The van der Waals surface area contributed by atoms with Crippen LogP contribution in [0.25, 0.3) is 0 Å². The summed E-state index contributed by atoms with van der Waals surface area (Å²) < 4.78 is 16.4. The Bertz CT molecular complexity index is 643. The Morgan fingerprint density at radius 2 is 2.04 bits per heavy atom. The fraction of sp³-hybridized carbons (Fsp3) is 0.667. The van der Waals surface area contributed by atoms with Crippen molar-refractivity contribution in [2.45, 2.75) is 58.9 Å². The van der Waals surface area contributed by atoms with Crippen LogP contribution >= 0.6 is 0 Å². The molecule has 0 radical (unpaired) electrons. The largest absolute Gasteiger partial charge is 0.466 e. The molecule has 0 spiro atoms. The molecule has 0 amide bonds. The molecule has 1 aromatic rings. The summed E-state index contributed by atoms with van der Waals surface area (Å²) in [5, 5.41) is 3.64. The van der Waals surface area contributed by atoms with Gasteiger partial charge >= 0.3 is 5.97 Å². The number of hydrogen-bond donors (Lipinski definition) is 1. The van der Waals surface area contributed by atoms with Gasteiger partial charge in [-0.15, -0.1) is 0 Å². The Morgan fingerprint density at radius 1 is 1.27 bits per heavy atom. The highest BCUT2D eigenvalue weighted by Crippen LogP contribution is 2.44. The van der Waals surface area contributed by atoms with E-state index in [4.69, 9.17) is 14.2 Å². The quantitative estimate of drug-likeness (QED) is 0.747. The molecule has 1 N–H and O–H groups in total. The Labute approximate surface area is 156 Å². The zero-order valence-electron chi connectivity index (χ0n) is 16.3. The predicted octanol–water partition coefficient (Wildman–Crippen LogP) is 3.87. The van der Waals surface area contributed by atoms with Crippen LogP contribution in [0, 0.1) is 11.3 Å². The number of nitrogens with one attached hydrogen (secondary N) is 1. The summed E-state index contributed by atoms with van der Waals surface area (Å²) in [6, 6.07) is 6.11. The third-order valence-electron chi connectivity index (χ3n) is 5.75. The maximum Gasteiger partial charge on any atom is 0.311 e.